The van der Waals surface area contributed by atoms with Crippen LogP contribution in [-0.2, 0) is 0 Å². The number of halogens is 1. The normalized spacial score (nSPS) is 14.7. The molecule has 19 heavy (non-hydrogen) atoms. The standard InChI is InChI=1S/C15H21ClN2S/c1-10(2)7-8-18(12-4-5-12)14-9-11(16)3-6-13(14)15(17)19/h3,6,9-10,12H,4-5,7-8H2,1-2H3,(H2,17,19). The fraction of sp³-hybridized carbons (Fsp3) is 0.533. The lowest BCUT2D eigenvalue weighted by Gasteiger charge is -2.28. The lowest BCUT2D eigenvalue weighted by Crippen LogP contribution is -2.30. The summed E-state index contributed by atoms with van der Waals surface area (Å²) >= 11 is 11.3. The second-order valence-corrected chi connectivity index (χ2v) is 6.51. The summed E-state index contributed by atoms with van der Waals surface area (Å²) in [5, 5.41) is 0.741. The van der Waals surface area contributed by atoms with Gasteiger partial charge in [-0.05, 0) is 43.4 Å². The van der Waals surface area contributed by atoms with Gasteiger partial charge in [0, 0.05) is 28.9 Å². The monoisotopic (exact) mass is 296 g/mol. The molecule has 1 aromatic rings. The first kappa shape index (κ1) is 14.6. The minimum absolute atomic E-state index is 0.446. The zero-order chi connectivity index (χ0) is 14.0. The lowest BCUT2D eigenvalue weighted by molar-refractivity contribution is 0.570. The van der Waals surface area contributed by atoms with Gasteiger partial charge >= 0.3 is 0 Å². The Labute approximate surface area is 125 Å². The molecule has 1 aliphatic carbocycles. The third-order valence-corrected chi connectivity index (χ3v) is 3.92. The van der Waals surface area contributed by atoms with Crippen LogP contribution in [0.5, 0.6) is 0 Å². The van der Waals surface area contributed by atoms with Crippen LogP contribution in [0.2, 0.25) is 5.02 Å². The first-order valence-corrected chi connectivity index (χ1v) is 7.63. The molecule has 0 radical (unpaired) electrons. The molecule has 1 saturated carbocycles. The van der Waals surface area contributed by atoms with E-state index in [1.54, 1.807) is 0 Å². The molecule has 1 aliphatic rings. The zero-order valence-corrected chi connectivity index (χ0v) is 13.1. The number of nitrogens with two attached hydrogens (primary N) is 1. The maximum Gasteiger partial charge on any atom is 0.106 e. The summed E-state index contributed by atoms with van der Waals surface area (Å²) in [6.07, 6.45) is 3.67. The van der Waals surface area contributed by atoms with Crippen LogP contribution in [0, 0.1) is 5.92 Å². The molecule has 2 rings (SSSR count). The van der Waals surface area contributed by atoms with Gasteiger partial charge in [-0.2, -0.15) is 0 Å². The van der Waals surface area contributed by atoms with Crippen molar-refractivity contribution in [3.8, 4) is 0 Å². The van der Waals surface area contributed by atoms with E-state index in [4.69, 9.17) is 29.6 Å². The highest BCUT2D eigenvalue weighted by Crippen LogP contribution is 2.35. The summed E-state index contributed by atoms with van der Waals surface area (Å²) in [5.74, 6) is 0.689. The minimum atomic E-state index is 0.446. The third kappa shape index (κ3) is 3.83. The van der Waals surface area contributed by atoms with Crippen LogP contribution in [0.4, 0.5) is 5.69 Å². The van der Waals surface area contributed by atoms with Crippen molar-refractivity contribution in [3.05, 3.63) is 28.8 Å². The van der Waals surface area contributed by atoms with Gasteiger partial charge in [0.25, 0.3) is 0 Å². The average molecular weight is 297 g/mol. The Kier molecular flexibility index (Phi) is 4.69. The Morgan fingerprint density at radius 3 is 2.68 bits per heavy atom. The number of thiocarbonyl (C=S) groups is 1. The SMILES string of the molecule is CC(C)CCN(c1cc(Cl)ccc1C(N)=S)C1CC1. The summed E-state index contributed by atoms with van der Waals surface area (Å²) < 4.78 is 0. The number of nitrogens with zero attached hydrogens (tertiary/aromatic N) is 1. The Bertz CT molecular complexity index is 469. The van der Waals surface area contributed by atoms with Crippen molar-refractivity contribution in [2.75, 3.05) is 11.4 Å². The van der Waals surface area contributed by atoms with Crippen LogP contribution in [0.15, 0.2) is 18.2 Å². The van der Waals surface area contributed by atoms with Gasteiger partial charge in [-0.15, -0.1) is 0 Å². The van der Waals surface area contributed by atoms with Gasteiger partial charge in [0.05, 0.1) is 0 Å². The molecule has 104 valence electrons. The highest BCUT2D eigenvalue weighted by Gasteiger charge is 2.30. The van der Waals surface area contributed by atoms with Gasteiger partial charge in [-0.1, -0.05) is 37.7 Å². The van der Waals surface area contributed by atoms with E-state index >= 15 is 0 Å². The summed E-state index contributed by atoms with van der Waals surface area (Å²) in [6, 6.07) is 6.41. The molecule has 0 spiro atoms. The lowest BCUT2D eigenvalue weighted by atomic mass is 10.1. The summed E-state index contributed by atoms with van der Waals surface area (Å²) in [4.78, 5) is 2.88. The molecule has 2 N–H and O–H groups in total. The quantitative estimate of drug-likeness (QED) is 0.805. The number of hydrogen-bond donors (Lipinski definition) is 1. The largest absolute Gasteiger partial charge is 0.389 e. The fourth-order valence-corrected chi connectivity index (χ4v) is 2.57. The van der Waals surface area contributed by atoms with Crippen LogP contribution in [0.3, 0.4) is 0 Å². The van der Waals surface area contributed by atoms with Crippen molar-refractivity contribution in [3.63, 3.8) is 0 Å². The maximum atomic E-state index is 6.14. The molecule has 1 aromatic carbocycles. The Morgan fingerprint density at radius 2 is 2.16 bits per heavy atom. The van der Waals surface area contributed by atoms with Gasteiger partial charge in [-0.3, -0.25) is 0 Å². The number of benzene rings is 1. The molecule has 0 bridgehead atoms. The van der Waals surface area contributed by atoms with E-state index in [0.29, 0.717) is 16.9 Å². The Balaban J connectivity index is 2.29. The van der Waals surface area contributed by atoms with Crippen molar-refractivity contribution < 1.29 is 0 Å². The topological polar surface area (TPSA) is 29.3 Å². The second-order valence-electron chi connectivity index (χ2n) is 5.63. The van der Waals surface area contributed by atoms with Gasteiger partial charge in [0.1, 0.15) is 4.99 Å². The second kappa shape index (κ2) is 6.10. The van der Waals surface area contributed by atoms with E-state index in [1.807, 2.05) is 18.2 Å². The molecule has 0 heterocycles. The molecule has 2 nitrogen and oxygen atoms in total. The van der Waals surface area contributed by atoms with E-state index in [0.717, 1.165) is 22.8 Å². The van der Waals surface area contributed by atoms with Gasteiger partial charge in [0.15, 0.2) is 0 Å². The smallest absolute Gasteiger partial charge is 0.106 e. The Morgan fingerprint density at radius 1 is 1.47 bits per heavy atom. The van der Waals surface area contributed by atoms with E-state index < -0.39 is 0 Å². The van der Waals surface area contributed by atoms with Crippen molar-refractivity contribution in [2.24, 2.45) is 11.7 Å². The molecule has 0 unspecified atom stereocenters. The van der Waals surface area contributed by atoms with Crippen molar-refractivity contribution in [1.82, 2.24) is 0 Å². The van der Waals surface area contributed by atoms with Crippen LogP contribution in [0.25, 0.3) is 0 Å². The van der Waals surface area contributed by atoms with Crippen LogP contribution < -0.4 is 10.6 Å². The van der Waals surface area contributed by atoms with Gasteiger partial charge in [0.2, 0.25) is 0 Å². The molecule has 0 aromatic heterocycles. The highest BCUT2D eigenvalue weighted by atomic mass is 35.5. The summed E-state index contributed by atoms with van der Waals surface area (Å²) in [6.45, 7) is 5.54. The first-order chi connectivity index (χ1) is 8.99. The van der Waals surface area contributed by atoms with Crippen LogP contribution >= 0.6 is 23.8 Å². The predicted octanol–water partition coefficient (Wildman–Crippen LogP) is 3.99. The van der Waals surface area contributed by atoms with Crippen LogP contribution in [0.1, 0.15) is 38.7 Å². The predicted molar refractivity (Wildman–Crippen MR) is 87.2 cm³/mol. The minimum Gasteiger partial charge on any atom is -0.389 e. The van der Waals surface area contributed by atoms with Crippen molar-refractivity contribution in [2.45, 2.75) is 39.2 Å². The molecule has 0 amide bonds. The van der Waals surface area contributed by atoms with E-state index in [-0.39, 0.29) is 0 Å². The number of hydrogen-bond acceptors (Lipinski definition) is 2. The zero-order valence-electron chi connectivity index (χ0n) is 11.5. The van der Waals surface area contributed by atoms with E-state index in [9.17, 15) is 0 Å². The average Bonchev–Trinajstić information content (AvgIpc) is 3.13. The third-order valence-electron chi connectivity index (χ3n) is 3.47. The molecule has 1 fully saturated rings. The van der Waals surface area contributed by atoms with Crippen molar-refractivity contribution >= 4 is 34.5 Å². The molecule has 0 saturated heterocycles. The van der Waals surface area contributed by atoms with Crippen LogP contribution in [-0.4, -0.2) is 17.6 Å². The number of rotatable bonds is 6. The van der Waals surface area contributed by atoms with E-state index in [2.05, 4.69) is 18.7 Å². The summed E-state index contributed by atoms with van der Waals surface area (Å²) in [5.41, 5.74) is 7.88. The highest BCUT2D eigenvalue weighted by molar-refractivity contribution is 7.80. The molecular formula is C15H21ClN2S. The number of anilines is 1. The van der Waals surface area contributed by atoms with Gasteiger partial charge < -0.3 is 10.6 Å². The summed E-state index contributed by atoms with van der Waals surface area (Å²) in [7, 11) is 0. The van der Waals surface area contributed by atoms with Gasteiger partial charge in [-0.25, -0.2) is 0 Å². The fourth-order valence-electron chi connectivity index (χ4n) is 2.23. The molecule has 0 atom stereocenters. The van der Waals surface area contributed by atoms with Crippen molar-refractivity contribution in [1.29, 1.82) is 0 Å². The molecule has 0 aliphatic heterocycles. The molecule has 4 heteroatoms. The maximum absolute atomic E-state index is 6.14. The molecular weight excluding hydrogens is 276 g/mol. The van der Waals surface area contributed by atoms with E-state index in [1.165, 1.54) is 19.3 Å². The Hall–Kier alpha value is -0.800. The first-order valence-electron chi connectivity index (χ1n) is 6.85.